The number of aryl methyl sites for hydroxylation is 2. The zero-order chi connectivity index (χ0) is 18.8. The highest BCUT2D eigenvalue weighted by Gasteiger charge is 2.16. The lowest BCUT2D eigenvalue weighted by atomic mass is 10.0. The van der Waals surface area contributed by atoms with Crippen LogP contribution >= 0.6 is 0 Å². The highest BCUT2D eigenvalue weighted by Crippen LogP contribution is 2.34. The van der Waals surface area contributed by atoms with E-state index in [-0.39, 0.29) is 0 Å². The van der Waals surface area contributed by atoms with E-state index in [4.69, 9.17) is 5.10 Å². The summed E-state index contributed by atoms with van der Waals surface area (Å²) in [6.45, 7) is 0.641. The van der Waals surface area contributed by atoms with Crippen molar-refractivity contribution in [3.63, 3.8) is 0 Å². The van der Waals surface area contributed by atoms with E-state index in [1.165, 1.54) is 0 Å². The lowest BCUT2D eigenvalue weighted by Gasteiger charge is -2.06. The van der Waals surface area contributed by atoms with Crippen molar-refractivity contribution in [2.24, 2.45) is 0 Å². The average Bonchev–Trinajstić information content (AvgIpc) is 3.42. The number of hydrogen-bond donors (Lipinski definition) is 1. The minimum Gasteiger partial charge on any atom is -0.271 e. The molecule has 136 valence electrons. The monoisotopic (exact) mass is 368 g/mol. The number of aromatic nitrogens is 8. The number of aromatic amines is 1. The van der Waals surface area contributed by atoms with Gasteiger partial charge in [-0.2, -0.15) is 10.3 Å². The van der Waals surface area contributed by atoms with Gasteiger partial charge >= 0.3 is 0 Å². The molecular formula is C20H16N8. The third-order valence-corrected chi connectivity index (χ3v) is 4.56. The fraction of sp³-hybridized carbons (Fsp3) is 0.100. The van der Waals surface area contributed by atoms with Crippen LogP contribution in [-0.2, 0) is 13.0 Å². The molecule has 0 bridgehead atoms. The maximum Gasteiger partial charge on any atom is 0.176 e. The predicted octanol–water partition coefficient (Wildman–Crippen LogP) is 2.92. The normalized spacial score (nSPS) is 11.1. The van der Waals surface area contributed by atoms with Crippen LogP contribution in [0.25, 0.3) is 33.4 Å². The van der Waals surface area contributed by atoms with Crippen molar-refractivity contribution >= 4 is 10.9 Å². The van der Waals surface area contributed by atoms with E-state index in [0.717, 1.165) is 33.4 Å². The summed E-state index contributed by atoms with van der Waals surface area (Å²) < 4.78 is 1.91. The van der Waals surface area contributed by atoms with Gasteiger partial charge in [0.2, 0.25) is 0 Å². The summed E-state index contributed by atoms with van der Waals surface area (Å²) in [5, 5.41) is 20.0. The van der Waals surface area contributed by atoms with Crippen LogP contribution in [0.3, 0.4) is 0 Å². The Labute approximate surface area is 160 Å². The van der Waals surface area contributed by atoms with Crippen molar-refractivity contribution in [2.45, 2.75) is 13.0 Å². The molecule has 0 unspecified atom stereocenters. The first kappa shape index (κ1) is 16.2. The Bertz CT molecular complexity index is 1210. The Morgan fingerprint density at radius 2 is 1.82 bits per heavy atom. The van der Waals surface area contributed by atoms with Gasteiger partial charge in [-0.3, -0.25) is 14.6 Å². The van der Waals surface area contributed by atoms with Crippen LogP contribution in [-0.4, -0.2) is 40.4 Å². The third kappa shape index (κ3) is 3.01. The van der Waals surface area contributed by atoms with Gasteiger partial charge in [0.25, 0.3) is 0 Å². The van der Waals surface area contributed by atoms with Crippen LogP contribution in [0.2, 0.25) is 0 Å². The zero-order valence-electron chi connectivity index (χ0n) is 14.9. The number of fused-ring (bicyclic) bond motifs is 1. The molecule has 5 rings (SSSR count). The quantitative estimate of drug-likeness (QED) is 0.512. The van der Waals surface area contributed by atoms with Crippen molar-refractivity contribution in [1.82, 2.24) is 40.4 Å². The second-order valence-corrected chi connectivity index (χ2v) is 6.32. The number of nitrogens with one attached hydrogen (secondary N) is 1. The SMILES string of the molecule is c1ccc(-c2nn(CCc3nn[nH]n3)cc2-c2ccnc3ccccc23)nc1. The Morgan fingerprint density at radius 3 is 2.68 bits per heavy atom. The summed E-state index contributed by atoms with van der Waals surface area (Å²) >= 11 is 0. The van der Waals surface area contributed by atoms with Crippen molar-refractivity contribution in [3.8, 4) is 22.5 Å². The second-order valence-electron chi connectivity index (χ2n) is 6.32. The van der Waals surface area contributed by atoms with Crippen molar-refractivity contribution < 1.29 is 0 Å². The highest BCUT2D eigenvalue weighted by atomic mass is 15.5. The number of hydrogen-bond acceptors (Lipinski definition) is 6. The first-order valence-corrected chi connectivity index (χ1v) is 8.94. The first-order valence-electron chi connectivity index (χ1n) is 8.94. The molecule has 0 amide bonds. The minimum absolute atomic E-state index is 0.635. The Balaban J connectivity index is 1.63. The Hall–Kier alpha value is -3.94. The molecule has 5 aromatic rings. The molecule has 8 nitrogen and oxygen atoms in total. The van der Waals surface area contributed by atoms with Gasteiger partial charge in [-0.1, -0.05) is 29.5 Å². The van der Waals surface area contributed by atoms with E-state index in [2.05, 4.69) is 36.7 Å². The van der Waals surface area contributed by atoms with E-state index in [9.17, 15) is 0 Å². The van der Waals surface area contributed by atoms with Crippen LogP contribution < -0.4 is 0 Å². The average molecular weight is 368 g/mol. The first-order chi connectivity index (χ1) is 13.9. The van der Waals surface area contributed by atoms with Gasteiger partial charge in [0.15, 0.2) is 5.82 Å². The number of pyridine rings is 2. The Morgan fingerprint density at radius 1 is 0.893 bits per heavy atom. The number of benzene rings is 1. The summed E-state index contributed by atoms with van der Waals surface area (Å²) in [6.07, 6.45) is 6.29. The molecule has 1 aromatic carbocycles. The molecule has 0 aliphatic carbocycles. The number of tetrazole rings is 1. The van der Waals surface area contributed by atoms with Gasteiger partial charge in [0.1, 0.15) is 5.69 Å². The second kappa shape index (κ2) is 6.99. The van der Waals surface area contributed by atoms with Crippen LogP contribution in [0.1, 0.15) is 5.82 Å². The van der Waals surface area contributed by atoms with Gasteiger partial charge in [-0.25, -0.2) is 0 Å². The van der Waals surface area contributed by atoms with Crippen LogP contribution in [0.4, 0.5) is 0 Å². The smallest absolute Gasteiger partial charge is 0.176 e. The van der Waals surface area contributed by atoms with Crippen molar-refractivity contribution in [3.05, 3.63) is 72.9 Å². The van der Waals surface area contributed by atoms with Crippen LogP contribution in [0.15, 0.2) is 67.1 Å². The fourth-order valence-electron chi connectivity index (χ4n) is 3.26. The standard InChI is InChI=1S/C20H16N8/c1-2-6-17-15(5-1)14(8-11-22-17)16-13-28(12-9-19-23-26-27-24-19)25-20(16)18-7-3-4-10-21-18/h1-8,10-11,13H,9,12H2,(H,23,24,26,27). The van der Waals surface area contributed by atoms with Gasteiger partial charge < -0.3 is 0 Å². The van der Waals surface area contributed by atoms with Crippen molar-refractivity contribution in [1.29, 1.82) is 0 Å². The minimum atomic E-state index is 0.635. The lowest BCUT2D eigenvalue weighted by molar-refractivity contribution is 0.602. The molecule has 28 heavy (non-hydrogen) atoms. The molecule has 4 heterocycles. The maximum absolute atomic E-state index is 4.81. The maximum atomic E-state index is 4.81. The fourth-order valence-corrected chi connectivity index (χ4v) is 3.26. The predicted molar refractivity (Wildman–Crippen MR) is 104 cm³/mol. The van der Waals surface area contributed by atoms with E-state index in [0.29, 0.717) is 18.8 Å². The molecular weight excluding hydrogens is 352 g/mol. The van der Waals surface area contributed by atoms with Gasteiger partial charge in [0, 0.05) is 42.5 Å². The zero-order valence-corrected chi connectivity index (χ0v) is 14.9. The molecule has 8 heteroatoms. The van der Waals surface area contributed by atoms with Crippen molar-refractivity contribution in [2.75, 3.05) is 0 Å². The molecule has 0 fully saturated rings. The number of rotatable bonds is 5. The molecule has 0 aliphatic heterocycles. The van der Waals surface area contributed by atoms with Crippen LogP contribution in [0.5, 0.6) is 0 Å². The number of nitrogens with zero attached hydrogens (tertiary/aromatic N) is 7. The number of H-pyrrole nitrogens is 1. The molecule has 0 saturated heterocycles. The summed E-state index contributed by atoms with van der Waals surface area (Å²) in [6, 6.07) is 16.0. The topological polar surface area (TPSA) is 98.1 Å². The van der Waals surface area contributed by atoms with E-state index in [1.807, 2.05) is 59.5 Å². The molecule has 0 saturated carbocycles. The largest absolute Gasteiger partial charge is 0.271 e. The molecule has 0 atom stereocenters. The lowest BCUT2D eigenvalue weighted by Crippen LogP contribution is -2.03. The van der Waals surface area contributed by atoms with E-state index < -0.39 is 0 Å². The third-order valence-electron chi connectivity index (χ3n) is 4.56. The molecule has 1 N–H and O–H groups in total. The Kier molecular flexibility index (Phi) is 4.06. The molecule has 4 aromatic heterocycles. The summed E-state index contributed by atoms with van der Waals surface area (Å²) in [5.74, 6) is 0.658. The van der Waals surface area contributed by atoms with Gasteiger partial charge in [0.05, 0.1) is 11.2 Å². The summed E-state index contributed by atoms with van der Waals surface area (Å²) in [4.78, 5) is 8.98. The van der Waals surface area contributed by atoms with Gasteiger partial charge in [-0.05, 0) is 29.8 Å². The van der Waals surface area contributed by atoms with Crippen LogP contribution in [0, 0.1) is 0 Å². The number of para-hydroxylation sites is 1. The van der Waals surface area contributed by atoms with E-state index in [1.54, 1.807) is 6.20 Å². The highest BCUT2D eigenvalue weighted by molar-refractivity contribution is 5.97. The molecule has 0 radical (unpaired) electrons. The summed E-state index contributed by atoms with van der Waals surface area (Å²) in [7, 11) is 0. The molecule has 0 aliphatic rings. The summed E-state index contributed by atoms with van der Waals surface area (Å²) in [5.41, 5.74) is 4.72. The van der Waals surface area contributed by atoms with Gasteiger partial charge in [-0.15, -0.1) is 10.2 Å². The molecule has 0 spiro atoms. The van der Waals surface area contributed by atoms with E-state index >= 15 is 0 Å².